The first-order chi connectivity index (χ1) is 19.5. The molecule has 17 nitrogen and oxygen atoms in total. The molecule has 41 heavy (non-hydrogen) atoms. The number of aliphatic hydroxyl groups is 9. The highest BCUT2D eigenvalue weighted by Crippen LogP contribution is 2.29. The molecule has 0 saturated carbocycles. The van der Waals surface area contributed by atoms with Crippen molar-refractivity contribution in [2.24, 2.45) is 0 Å². The highest BCUT2D eigenvalue weighted by atomic mass is 16.8. The lowest BCUT2D eigenvalue weighted by Gasteiger charge is -2.44. The molecule has 4 heterocycles. The van der Waals surface area contributed by atoms with Gasteiger partial charge in [0.2, 0.25) is 0 Å². The Labute approximate surface area is 235 Å². The standard InChI is InChI=1S/C24H42O17/c1-2-3-4-34-21-18(31)14(27)10(6-36-21)40-23-20(33)16(29)12(8-38-23)41-24-19(32)15(28)11(7-37-24)39-22-17(30)13(26)9(25)5-35-22/h9-33H,2-8H2,1H3. The minimum absolute atomic E-state index is 0.177. The number of unbranched alkanes of at least 4 members (excludes halogenated alkanes) is 1. The minimum atomic E-state index is -1.70. The summed E-state index contributed by atoms with van der Waals surface area (Å²) in [6, 6.07) is 0. The van der Waals surface area contributed by atoms with Crippen molar-refractivity contribution in [1.29, 1.82) is 0 Å². The largest absolute Gasteiger partial charge is 0.388 e. The third kappa shape index (κ3) is 7.70. The van der Waals surface area contributed by atoms with Crippen molar-refractivity contribution >= 4 is 0 Å². The third-order valence-corrected chi connectivity index (χ3v) is 7.46. The Kier molecular flexibility index (Phi) is 12.0. The SMILES string of the molecule is CCCCOC1OCC(OC2OCC(OC3OCC(OC4OCC(O)C(O)C4O)C(O)C3O)C(O)C2O)C(O)C1O. The van der Waals surface area contributed by atoms with Crippen LogP contribution in [0.2, 0.25) is 0 Å². The van der Waals surface area contributed by atoms with Gasteiger partial charge in [0, 0.05) is 6.61 Å². The lowest BCUT2D eigenvalue weighted by atomic mass is 10.0. The molecule has 4 rings (SSSR count). The molecule has 17 heteroatoms. The van der Waals surface area contributed by atoms with Crippen molar-refractivity contribution in [2.75, 3.05) is 33.0 Å². The van der Waals surface area contributed by atoms with Crippen LogP contribution >= 0.6 is 0 Å². The number of ether oxygens (including phenoxy) is 8. The van der Waals surface area contributed by atoms with E-state index < -0.39 is 98.4 Å². The van der Waals surface area contributed by atoms with Crippen LogP contribution in [0.15, 0.2) is 0 Å². The van der Waals surface area contributed by atoms with Crippen LogP contribution in [-0.2, 0) is 37.9 Å². The first-order valence-corrected chi connectivity index (χ1v) is 13.7. The van der Waals surface area contributed by atoms with E-state index in [-0.39, 0.29) is 26.4 Å². The minimum Gasteiger partial charge on any atom is -0.388 e. The maximum Gasteiger partial charge on any atom is 0.186 e. The normalized spacial score (nSPS) is 49.6. The van der Waals surface area contributed by atoms with Crippen molar-refractivity contribution in [3.8, 4) is 0 Å². The van der Waals surface area contributed by atoms with Crippen molar-refractivity contribution in [3.05, 3.63) is 0 Å². The topological polar surface area (TPSA) is 256 Å². The second kappa shape index (κ2) is 14.9. The summed E-state index contributed by atoms with van der Waals surface area (Å²) in [4.78, 5) is 0. The Morgan fingerprint density at radius 3 is 1.29 bits per heavy atom. The fourth-order valence-corrected chi connectivity index (χ4v) is 4.81. The van der Waals surface area contributed by atoms with E-state index in [1.165, 1.54) is 0 Å². The van der Waals surface area contributed by atoms with Crippen LogP contribution in [0.1, 0.15) is 19.8 Å². The summed E-state index contributed by atoms with van der Waals surface area (Å²) in [7, 11) is 0. The van der Waals surface area contributed by atoms with Crippen LogP contribution < -0.4 is 0 Å². The average molecular weight is 603 g/mol. The van der Waals surface area contributed by atoms with Crippen LogP contribution in [0.25, 0.3) is 0 Å². The summed E-state index contributed by atoms with van der Waals surface area (Å²) in [5.41, 5.74) is 0. The van der Waals surface area contributed by atoms with Gasteiger partial charge in [-0.2, -0.15) is 0 Å². The van der Waals surface area contributed by atoms with E-state index in [1.54, 1.807) is 0 Å². The second-order valence-electron chi connectivity index (χ2n) is 10.5. The molecule has 0 amide bonds. The summed E-state index contributed by atoms with van der Waals surface area (Å²) in [5, 5.41) is 92.4. The highest BCUT2D eigenvalue weighted by Gasteiger charge is 2.49. The zero-order valence-corrected chi connectivity index (χ0v) is 22.5. The molecule has 4 aliphatic heterocycles. The summed E-state index contributed by atoms with van der Waals surface area (Å²) in [6.07, 6.45) is -21.2. The fourth-order valence-electron chi connectivity index (χ4n) is 4.81. The first-order valence-electron chi connectivity index (χ1n) is 13.7. The van der Waals surface area contributed by atoms with Gasteiger partial charge in [-0.25, -0.2) is 0 Å². The zero-order chi connectivity index (χ0) is 29.8. The van der Waals surface area contributed by atoms with Gasteiger partial charge >= 0.3 is 0 Å². The molecule has 0 bridgehead atoms. The Morgan fingerprint density at radius 2 is 0.854 bits per heavy atom. The number of hydrogen-bond acceptors (Lipinski definition) is 17. The molecule has 0 aromatic rings. The molecule has 0 aliphatic carbocycles. The molecule has 0 aromatic heterocycles. The molecule has 4 saturated heterocycles. The predicted octanol–water partition coefficient (Wildman–Crippen LogP) is -5.37. The van der Waals surface area contributed by atoms with E-state index in [9.17, 15) is 46.0 Å². The van der Waals surface area contributed by atoms with Crippen LogP contribution in [0, 0.1) is 0 Å². The van der Waals surface area contributed by atoms with Crippen LogP contribution in [0.3, 0.4) is 0 Å². The van der Waals surface area contributed by atoms with Gasteiger partial charge in [-0.15, -0.1) is 0 Å². The van der Waals surface area contributed by atoms with Crippen molar-refractivity contribution in [1.82, 2.24) is 0 Å². The van der Waals surface area contributed by atoms with Gasteiger partial charge in [0.1, 0.15) is 73.2 Å². The molecule has 0 radical (unpaired) electrons. The molecule has 240 valence electrons. The molecular formula is C24H42O17. The Morgan fingerprint density at radius 1 is 0.488 bits per heavy atom. The molecule has 0 aromatic carbocycles. The monoisotopic (exact) mass is 602 g/mol. The van der Waals surface area contributed by atoms with Crippen LogP contribution in [-0.4, -0.2) is 177 Å². The summed E-state index contributed by atoms with van der Waals surface area (Å²) in [6.45, 7) is 1.12. The maximum absolute atomic E-state index is 10.6. The Hall–Kier alpha value is -0.680. The average Bonchev–Trinajstić information content (AvgIpc) is 2.96. The second-order valence-corrected chi connectivity index (χ2v) is 10.5. The van der Waals surface area contributed by atoms with Gasteiger partial charge in [0.15, 0.2) is 25.2 Å². The molecule has 4 aliphatic rings. The predicted molar refractivity (Wildman–Crippen MR) is 129 cm³/mol. The molecule has 9 N–H and O–H groups in total. The fraction of sp³-hybridized carbons (Fsp3) is 1.00. The van der Waals surface area contributed by atoms with E-state index >= 15 is 0 Å². The highest BCUT2D eigenvalue weighted by molar-refractivity contribution is 4.91. The Balaban J connectivity index is 1.24. The van der Waals surface area contributed by atoms with Gasteiger partial charge in [-0.3, -0.25) is 0 Å². The molecular weight excluding hydrogens is 560 g/mol. The maximum atomic E-state index is 10.6. The quantitative estimate of drug-likeness (QED) is 0.106. The van der Waals surface area contributed by atoms with E-state index in [0.717, 1.165) is 12.8 Å². The van der Waals surface area contributed by atoms with E-state index in [1.807, 2.05) is 6.92 Å². The van der Waals surface area contributed by atoms with Crippen molar-refractivity contribution < 1.29 is 83.9 Å². The number of aliphatic hydroxyl groups excluding tert-OH is 9. The van der Waals surface area contributed by atoms with E-state index in [2.05, 4.69) is 0 Å². The lowest BCUT2D eigenvalue weighted by molar-refractivity contribution is -0.357. The van der Waals surface area contributed by atoms with Crippen LogP contribution in [0.4, 0.5) is 0 Å². The van der Waals surface area contributed by atoms with Gasteiger partial charge in [-0.05, 0) is 6.42 Å². The Bertz CT molecular complexity index is 793. The molecule has 0 spiro atoms. The van der Waals surface area contributed by atoms with Crippen molar-refractivity contribution in [2.45, 2.75) is 118 Å². The van der Waals surface area contributed by atoms with Crippen LogP contribution in [0.5, 0.6) is 0 Å². The molecule has 16 unspecified atom stereocenters. The van der Waals surface area contributed by atoms with Gasteiger partial charge in [-0.1, -0.05) is 13.3 Å². The number of hydrogen-bond donors (Lipinski definition) is 9. The zero-order valence-electron chi connectivity index (χ0n) is 22.5. The first kappa shape index (κ1) is 33.2. The van der Waals surface area contributed by atoms with Crippen molar-refractivity contribution in [3.63, 3.8) is 0 Å². The molecule has 16 atom stereocenters. The summed E-state index contributed by atoms with van der Waals surface area (Å²) >= 11 is 0. The summed E-state index contributed by atoms with van der Waals surface area (Å²) < 4.78 is 43.5. The van der Waals surface area contributed by atoms with E-state index in [4.69, 9.17) is 37.9 Å². The van der Waals surface area contributed by atoms with E-state index in [0.29, 0.717) is 6.61 Å². The summed E-state index contributed by atoms with van der Waals surface area (Å²) in [5.74, 6) is 0. The van der Waals surface area contributed by atoms with Gasteiger partial charge < -0.3 is 83.9 Å². The number of rotatable bonds is 10. The third-order valence-electron chi connectivity index (χ3n) is 7.46. The smallest absolute Gasteiger partial charge is 0.186 e. The van der Waals surface area contributed by atoms with Gasteiger partial charge in [0.05, 0.1) is 26.4 Å². The molecule has 4 fully saturated rings. The van der Waals surface area contributed by atoms with Gasteiger partial charge in [0.25, 0.3) is 0 Å². The lowest BCUT2D eigenvalue weighted by Crippen LogP contribution is -2.62.